The fraction of sp³-hybridized carbons (Fsp3) is 0.824. The van der Waals surface area contributed by atoms with E-state index in [4.69, 9.17) is 4.74 Å². The molecule has 0 aliphatic heterocycles. The second-order valence-electron chi connectivity index (χ2n) is 6.35. The first-order chi connectivity index (χ1) is 9.36. The molecule has 3 heteroatoms. The summed E-state index contributed by atoms with van der Waals surface area (Å²) in [5, 5.41) is 0. The number of carbonyl (C=O) groups excluding carboxylic acids is 1. The van der Waals surface area contributed by atoms with E-state index < -0.39 is 0 Å². The molecule has 0 aromatic carbocycles. The summed E-state index contributed by atoms with van der Waals surface area (Å²) in [5.74, 6) is 1.10. The predicted molar refractivity (Wildman–Crippen MR) is 85.5 cm³/mol. The lowest BCUT2D eigenvalue weighted by atomic mass is 10.1. The van der Waals surface area contributed by atoms with Crippen LogP contribution >= 0.6 is 0 Å². The third kappa shape index (κ3) is 10.0. The zero-order valence-corrected chi connectivity index (χ0v) is 14.0. The van der Waals surface area contributed by atoms with E-state index in [-0.39, 0.29) is 12.2 Å². The first-order valence-electron chi connectivity index (χ1n) is 7.93. The highest BCUT2D eigenvalue weighted by Gasteiger charge is 2.16. The molecule has 118 valence electrons. The van der Waals surface area contributed by atoms with Gasteiger partial charge >= 0.3 is 5.97 Å². The highest BCUT2D eigenvalue weighted by atomic mass is 16.6. The standard InChI is InChI=1S/C17H33NO2/c1-7-17(19)20-16(6)18(12-8-10-14(2)3)13-9-11-15(4)5/h7,14-16H,1,8-13H2,2-6H3. The van der Waals surface area contributed by atoms with Crippen molar-refractivity contribution in [3.8, 4) is 0 Å². The van der Waals surface area contributed by atoms with Gasteiger partial charge in [-0.15, -0.1) is 0 Å². The van der Waals surface area contributed by atoms with Crippen LogP contribution in [0.1, 0.15) is 60.3 Å². The third-order valence-electron chi connectivity index (χ3n) is 3.42. The van der Waals surface area contributed by atoms with Crippen LogP contribution in [-0.2, 0) is 9.53 Å². The number of rotatable bonds is 11. The van der Waals surface area contributed by atoms with E-state index in [0.717, 1.165) is 37.8 Å². The van der Waals surface area contributed by atoms with Crippen molar-refractivity contribution in [2.24, 2.45) is 11.8 Å². The molecule has 0 amide bonds. The third-order valence-corrected chi connectivity index (χ3v) is 3.42. The number of hydrogen-bond donors (Lipinski definition) is 0. The largest absolute Gasteiger partial charge is 0.443 e. The van der Waals surface area contributed by atoms with E-state index in [2.05, 4.69) is 39.2 Å². The molecule has 0 aromatic rings. The molecule has 0 spiro atoms. The minimum atomic E-state index is -0.338. The molecule has 0 fully saturated rings. The van der Waals surface area contributed by atoms with Crippen LogP contribution in [-0.4, -0.2) is 30.2 Å². The van der Waals surface area contributed by atoms with Crippen LogP contribution in [0.5, 0.6) is 0 Å². The minimum Gasteiger partial charge on any atom is -0.443 e. The van der Waals surface area contributed by atoms with E-state index in [1.165, 1.54) is 18.9 Å². The molecule has 0 aliphatic rings. The van der Waals surface area contributed by atoms with Crippen LogP contribution in [0.25, 0.3) is 0 Å². The Kier molecular flexibility index (Phi) is 10.4. The van der Waals surface area contributed by atoms with Crippen LogP contribution in [0.15, 0.2) is 12.7 Å². The maximum absolute atomic E-state index is 11.3. The van der Waals surface area contributed by atoms with Gasteiger partial charge in [0.15, 0.2) is 6.23 Å². The van der Waals surface area contributed by atoms with E-state index in [1.54, 1.807) is 0 Å². The summed E-state index contributed by atoms with van der Waals surface area (Å²) >= 11 is 0. The number of hydrogen-bond acceptors (Lipinski definition) is 3. The lowest BCUT2D eigenvalue weighted by Gasteiger charge is -2.29. The van der Waals surface area contributed by atoms with Crippen molar-refractivity contribution >= 4 is 5.97 Å². The monoisotopic (exact) mass is 283 g/mol. The SMILES string of the molecule is C=CC(=O)OC(C)N(CCCC(C)C)CCCC(C)C. The Hall–Kier alpha value is -0.830. The van der Waals surface area contributed by atoms with Crippen LogP contribution in [0.3, 0.4) is 0 Å². The van der Waals surface area contributed by atoms with Gasteiger partial charge < -0.3 is 4.74 Å². The van der Waals surface area contributed by atoms with Gasteiger partial charge in [-0.25, -0.2) is 4.79 Å². The number of esters is 1. The minimum absolute atomic E-state index is 0.167. The van der Waals surface area contributed by atoms with Gasteiger partial charge in [-0.2, -0.15) is 0 Å². The second-order valence-corrected chi connectivity index (χ2v) is 6.35. The molecule has 1 unspecified atom stereocenters. The fourth-order valence-corrected chi connectivity index (χ4v) is 2.17. The van der Waals surface area contributed by atoms with Crippen molar-refractivity contribution in [1.29, 1.82) is 0 Å². The number of nitrogens with zero attached hydrogens (tertiary/aromatic N) is 1. The van der Waals surface area contributed by atoms with Crippen LogP contribution in [0.4, 0.5) is 0 Å². The average Bonchev–Trinajstić information content (AvgIpc) is 2.35. The van der Waals surface area contributed by atoms with Crippen molar-refractivity contribution in [2.75, 3.05) is 13.1 Å². The molecule has 1 atom stereocenters. The highest BCUT2D eigenvalue weighted by Crippen LogP contribution is 2.12. The molecule has 0 saturated carbocycles. The Morgan fingerprint density at radius 2 is 1.50 bits per heavy atom. The zero-order chi connectivity index (χ0) is 15.5. The Morgan fingerprint density at radius 3 is 1.85 bits per heavy atom. The molecular formula is C17H33NO2. The summed E-state index contributed by atoms with van der Waals surface area (Å²) in [6.45, 7) is 16.3. The summed E-state index contributed by atoms with van der Waals surface area (Å²) in [4.78, 5) is 13.6. The summed E-state index contributed by atoms with van der Waals surface area (Å²) in [6.07, 6.45) is 5.78. The van der Waals surface area contributed by atoms with Crippen LogP contribution in [0.2, 0.25) is 0 Å². The van der Waals surface area contributed by atoms with Gasteiger partial charge in [0.25, 0.3) is 0 Å². The van der Waals surface area contributed by atoms with Gasteiger partial charge in [0.2, 0.25) is 0 Å². The van der Waals surface area contributed by atoms with Crippen LogP contribution in [0, 0.1) is 11.8 Å². The molecule has 20 heavy (non-hydrogen) atoms. The van der Waals surface area contributed by atoms with Crippen molar-refractivity contribution in [3.05, 3.63) is 12.7 Å². The average molecular weight is 283 g/mol. The molecule has 0 heterocycles. The Labute approximate surface area is 125 Å². The maximum atomic E-state index is 11.3. The van der Waals surface area contributed by atoms with E-state index >= 15 is 0 Å². The molecule has 0 N–H and O–H groups in total. The summed E-state index contributed by atoms with van der Waals surface area (Å²) in [5.41, 5.74) is 0. The molecule has 0 saturated heterocycles. The molecule has 0 radical (unpaired) electrons. The van der Waals surface area contributed by atoms with E-state index in [0.29, 0.717) is 0 Å². The van der Waals surface area contributed by atoms with Gasteiger partial charge in [-0.1, -0.05) is 34.3 Å². The first-order valence-corrected chi connectivity index (χ1v) is 7.93. The number of ether oxygens (including phenoxy) is 1. The fourth-order valence-electron chi connectivity index (χ4n) is 2.17. The highest BCUT2D eigenvalue weighted by molar-refractivity contribution is 5.81. The Balaban J connectivity index is 4.27. The molecule has 0 bridgehead atoms. The Morgan fingerprint density at radius 1 is 1.05 bits per heavy atom. The van der Waals surface area contributed by atoms with E-state index in [9.17, 15) is 4.79 Å². The van der Waals surface area contributed by atoms with Crippen molar-refractivity contribution in [3.63, 3.8) is 0 Å². The first kappa shape index (κ1) is 19.2. The van der Waals surface area contributed by atoms with Crippen molar-refractivity contribution in [2.45, 2.75) is 66.5 Å². The predicted octanol–water partition coefficient (Wildman–Crippen LogP) is 4.24. The van der Waals surface area contributed by atoms with Gasteiger partial charge in [0.1, 0.15) is 0 Å². The van der Waals surface area contributed by atoms with Crippen LogP contribution < -0.4 is 0 Å². The van der Waals surface area contributed by atoms with Gasteiger partial charge in [-0.3, -0.25) is 4.90 Å². The maximum Gasteiger partial charge on any atom is 0.331 e. The molecule has 0 aliphatic carbocycles. The normalized spacial score (nSPS) is 13.0. The summed E-state index contributed by atoms with van der Waals surface area (Å²) in [7, 11) is 0. The second kappa shape index (κ2) is 10.9. The number of carbonyl (C=O) groups is 1. The Bertz CT molecular complexity index is 260. The zero-order valence-electron chi connectivity index (χ0n) is 14.0. The molecule has 0 rings (SSSR count). The molecular weight excluding hydrogens is 250 g/mol. The van der Waals surface area contributed by atoms with Crippen molar-refractivity contribution in [1.82, 2.24) is 4.90 Å². The molecule has 3 nitrogen and oxygen atoms in total. The lowest BCUT2D eigenvalue weighted by Crippen LogP contribution is -2.38. The molecule has 0 aromatic heterocycles. The van der Waals surface area contributed by atoms with Gasteiger partial charge in [0, 0.05) is 19.2 Å². The smallest absolute Gasteiger partial charge is 0.331 e. The van der Waals surface area contributed by atoms with E-state index in [1.807, 2.05) is 6.92 Å². The van der Waals surface area contributed by atoms with Gasteiger partial charge in [-0.05, 0) is 44.4 Å². The summed E-state index contributed by atoms with van der Waals surface area (Å²) < 4.78 is 5.35. The van der Waals surface area contributed by atoms with Gasteiger partial charge in [0.05, 0.1) is 0 Å². The summed E-state index contributed by atoms with van der Waals surface area (Å²) in [6, 6.07) is 0. The lowest BCUT2D eigenvalue weighted by molar-refractivity contribution is -0.151. The van der Waals surface area contributed by atoms with Crippen molar-refractivity contribution < 1.29 is 9.53 Å². The quantitative estimate of drug-likeness (QED) is 0.323. The topological polar surface area (TPSA) is 29.5 Å².